The van der Waals surface area contributed by atoms with Crippen molar-refractivity contribution in [3.63, 3.8) is 0 Å². The summed E-state index contributed by atoms with van der Waals surface area (Å²) in [6, 6.07) is 18.0. The van der Waals surface area contributed by atoms with E-state index in [4.69, 9.17) is 4.74 Å². The van der Waals surface area contributed by atoms with Crippen LogP contribution in [0.3, 0.4) is 0 Å². The molecule has 20 heavy (non-hydrogen) atoms. The van der Waals surface area contributed by atoms with Gasteiger partial charge in [0.15, 0.2) is 0 Å². The summed E-state index contributed by atoms with van der Waals surface area (Å²) < 4.78 is 18.2. The Morgan fingerprint density at radius 3 is 2.40 bits per heavy atom. The second-order valence-corrected chi connectivity index (χ2v) is 4.54. The molecule has 0 aliphatic heterocycles. The average molecular weight is 269 g/mol. The highest BCUT2D eigenvalue weighted by Gasteiger charge is 2.09. The zero-order valence-electron chi connectivity index (χ0n) is 11.1. The second-order valence-electron chi connectivity index (χ2n) is 4.54. The zero-order chi connectivity index (χ0) is 14.2. The lowest BCUT2D eigenvalue weighted by Crippen LogP contribution is -2.02. The SMILES string of the molecule is N#CC(CCCOc1ccc(F)cc1)c1ccccc1. The van der Waals surface area contributed by atoms with Gasteiger partial charge in [0.25, 0.3) is 0 Å². The van der Waals surface area contributed by atoms with E-state index in [1.165, 1.54) is 12.1 Å². The molecule has 2 rings (SSSR count). The molecule has 0 N–H and O–H groups in total. The molecule has 2 aromatic rings. The van der Waals surface area contributed by atoms with Crippen molar-refractivity contribution < 1.29 is 9.13 Å². The summed E-state index contributed by atoms with van der Waals surface area (Å²) in [4.78, 5) is 0. The van der Waals surface area contributed by atoms with Crippen LogP contribution in [-0.2, 0) is 0 Å². The summed E-state index contributed by atoms with van der Waals surface area (Å²) in [5.41, 5.74) is 1.04. The lowest BCUT2D eigenvalue weighted by atomic mass is 9.96. The smallest absolute Gasteiger partial charge is 0.123 e. The van der Waals surface area contributed by atoms with Gasteiger partial charge in [0.05, 0.1) is 18.6 Å². The summed E-state index contributed by atoms with van der Waals surface area (Å²) in [5.74, 6) is 0.276. The van der Waals surface area contributed by atoms with Crippen LogP contribution in [0.1, 0.15) is 24.3 Å². The van der Waals surface area contributed by atoms with E-state index in [1.54, 1.807) is 12.1 Å². The highest BCUT2D eigenvalue weighted by molar-refractivity contribution is 5.24. The molecule has 0 aliphatic carbocycles. The first kappa shape index (κ1) is 14.1. The van der Waals surface area contributed by atoms with Gasteiger partial charge in [0, 0.05) is 0 Å². The molecule has 0 amide bonds. The molecule has 2 nitrogen and oxygen atoms in total. The highest BCUT2D eigenvalue weighted by Crippen LogP contribution is 2.20. The Hall–Kier alpha value is -2.34. The predicted molar refractivity (Wildman–Crippen MR) is 75.9 cm³/mol. The van der Waals surface area contributed by atoms with Gasteiger partial charge in [-0.1, -0.05) is 30.3 Å². The van der Waals surface area contributed by atoms with Gasteiger partial charge in [-0.2, -0.15) is 5.26 Å². The summed E-state index contributed by atoms with van der Waals surface area (Å²) in [5, 5.41) is 9.19. The fraction of sp³-hybridized carbons (Fsp3) is 0.235. The first-order valence-electron chi connectivity index (χ1n) is 6.62. The Bertz CT molecular complexity index is 560. The molecule has 0 aliphatic rings. The van der Waals surface area contributed by atoms with Crippen LogP contribution < -0.4 is 4.74 Å². The highest BCUT2D eigenvalue weighted by atomic mass is 19.1. The quantitative estimate of drug-likeness (QED) is 0.733. The number of nitrogens with zero attached hydrogens (tertiary/aromatic N) is 1. The van der Waals surface area contributed by atoms with Gasteiger partial charge < -0.3 is 4.74 Å². The van der Waals surface area contributed by atoms with Crippen molar-refractivity contribution in [2.24, 2.45) is 0 Å². The largest absolute Gasteiger partial charge is 0.494 e. The van der Waals surface area contributed by atoms with Gasteiger partial charge in [-0.15, -0.1) is 0 Å². The van der Waals surface area contributed by atoms with Crippen LogP contribution in [0.5, 0.6) is 5.75 Å². The standard InChI is InChI=1S/C17H16FNO/c18-16-8-10-17(11-9-16)20-12-4-7-15(13-19)14-5-2-1-3-6-14/h1-3,5-6,8-11,15H,4,7,12H2. The fourth-order valence-electron chi connectivity index (χ4n) is 2.00. The van der Waals surface area contributed by atoms with E-state index in [9.17, 15) is 9.65 Å². The van der Waals surface area contributed by atoms with Gasteiger partial charge >= 0.3 is 0 Å². The van der Waals surface area contributed by atoms with Crippen LogP contribution in [-0.4, -0.2) is 6.61 Å². The number of hydrogen-bond acceptors (Lipinski definition) is 2. The predicted octanol–water partition coefficient (Wildman–Crippen LogP) is 4.29. The van der Waals surface area contributed by atoms with Gasteiger partial charge in [0.1, 0.15) is 11.6 Å². The maximum atomic E-state index is 12.7. The van der Waals surface area contributed by atoms with Crippen molar-refractivity contribution in [1.82, 2.24) is 0 Å². The monoisotopic (exact) mass is 269 g/mol. The molecule has 0 aromatic heterocycles. The van der Waals surface area contributed by atoms with Gasteiger partial charge in [-0.25, -0.2) is 4.39 Å². The molecule has 0 fully saturated rings. The molecule has 1 unspecified atom stereocenters. The van der Waals surface area contributed by atoms with Gasteiger partial charge in [-0.3, -0.25) is 0 Å². The summed E-state index contributed by atoms with van der Waals surface area (Å²) in [6.45, 7) is 0.524. The van der Waals surface area contributed by atoms with E-state index in [0.717, 1.165) is 18.4 Å². The van der Waals surface area contributed by atoms with Gasteiger partial charge in [0.2, 0.25) is 0 Å². The molecule has 1 atom stereocenters. The lowest BCUT2D eigenvalue weighted by molar-refractivity contribution is 0.304. The zero-order valence-corrected chi connectivity index (χ0v) is 11.1. The third-order valence-corrected chi connectivity index (χ3v) is 3.08. The number of ether oxygens (including phenoxy) is 1. The Morgan fingerprint density at radius 2 is 1.75 bits per heavy atom. The van der Waals surface area contributed by atoms with Crippen molar-refractivity contribution >= 4 is 0 Å². The molecular formula is C17H16FNO. The van der Waals surface area contributed by atoms with Crippen LogP contribution >= 0.6 is 0 Å². The van der Waals surface area contributed by atoms with E-state index >= 15 is 0 Å². The molecule has 2 aromatic carbocycles. The van der Waals surface area contributed by atoms with Crippen LogP contribution in [0.15, 0.2) is 54.6 Å². The van der Waals surface area contributed by atoms with Crippen molar-refractivity contribution in [3.8, 4) is 11.8 Å². The third kappa shape index (κ3) is 4.10. The minimum Gasteiger partial charge on any atom is -0.494 e. The van der Waals surface area contributed by atoms with Crippen LogP contribution in [0, 0.1) is 17.1 Å². The van der Waals surface area contributed by atoms with Crippen LogP contribution in [0.4, 0.5) is 4.39 Å². The van der Waals surface area contributed by atoms with E-state index < -0.39 is 0 Å². The van der Waals surface area contributed by atoms with E-state index in [-0.39, 0.29) is 11.7 Å². The van der Waals surface area contributed by atoms with Crippen LogP contribution in [0.2, 0.25) is 0 Å². The number of halogens is 1. The van der Waals surface area contributed by atoms with Crippen molar-refractivity contribution in [1.29, 1.82) is 5.26 Å². The minimum atomic E-state index is -0.272. The van der Waals surface area contributed by atoms with E-state index in [2.05, 4.69) is 6.07 Å². The lowest BCUT2D eigenvalue weighted by Gasteiger charge is -2.10. The normalized spacial score (nSPS) is 11.6. The van der Waals surface area contributed by atoms with Gasteiger partial charge in [-0.05, 0) is 42.7 Å². The minimum absolute atomic E-state index is 0.104. The Balaban J connectivity index is 1.78. The molecule has 3 heteroatoms. The van der Waals surface area contributed by atoms with E-state index in [1.807, 2.05) is 30.3 Å². The molecule has 0 radical (unpaired) electrons. The number of nitriles is 1. The summed E-state index contributed by atoms with van der Waals surface area (Å²) in [7, 11) is 0. The summed E-state index contributed by atoms with van der Waals surface area (Å²) >= 11 is 0. The molecule has 0 saturated carbocycles. The Morgan fingerprint density at radius 1 is 1.05 bits per heavy atom. The van der Waals surface area contributed by atoms with Crippen LogP contribution in [0.25, 0.3) is 0 Å². The molecule has 0 spiro atoms. The number of benzene rings is 2. The Kier molecular flexibility index (Phi) is 5.14. The van der Waals surface area contributed by atoms with Crippen molar-refractivity contribution in [2.75, 3.05) is 6.61 Å². The number of rotatable bonds is 6. The maximum Gasteiger partial charge on any atom is 0.123 e. The first-order chi connectivity index (χ1) is 9.79. The molecule has 102 valence electrons. The van der Waals surface area contributed by atoms with Crippen molar-refractivity contribution in [2.45, 2.75) is 18.8 Å². The second kappa shape index (κ2) is 7.30. The van der Waals surface area contributed by atoms with Crippen molar-refractivity contribution in [3.05, 3.63) is 66.0 Å². The maximum absolute atomic E-state index is 12.7. The topological polar surface area (TPSA) is 33.0 Å². The Labute approximate surface area is 118 Å². The first-order valence-corrected chi connectivity index (χ1v) is 6.62. The number of hydrogen-bond donors (Lipinski definition) is 0. The molecule has 0 heterocycles. The average Bonchev–Trinajstić information content (AvgIpc) is 2.50. The third-order valence-electron chi connectivity index (χ3n) is 3.08. The summed E-state index contributed by atoms with van der Waals surface area (Å²) in [6.07, 6.45) is 1.53. The molecular weight excluding hydrogens is 253 g/mol. The molecule has 0 bridgehead atoms. The molecule has 0 saturated heterocycles. The fourth-order valence-corrected chi connectivity index (χ4v) is 2.00. The van der Waals surface area contributed by atoms with E-state index in [0.29, 0.717) is 12.4 Å².